The summed E-state index contributed by atoms with van der Waals surface area (Å²) in [5.74, 6) is 1.94. The van der Waals surface area contributed by atoms with Crippen LogP contribution in [-0.2, 0) is 5.41 Å². The van der Waals surface area contributed by atoms with E-state index in [1.807, 2.05) is 24.3 Å². The second kappa shape index (κ2) is 13.1. The number of rotatable bonds is 4. The van der Waals surface area contributed by atoms with Gasteiger partial charge in [0.1, 0.15) is 0 Å². The van der Waals surface area contributed by atoms with Crippen molar-refractivity contribution < 1.29 is 0 Å². The molecule has 4 aliphatic rings. The summed E-state index contributed by atoms with van der Waals surface area (Å²) in [6.45, 7) is -0.0451. The Labute approximate surface area is 355 Å². The van der Waals surface area contributed by atoms with Crippen LogP contribution in [-0.4, -0.2) is 21.8 Å². The molecule has 5 heteroatoms. The lowest BCUT2D eigenvalue weighted by atomic mass is 9.43. The van der Waals surface area contributed by atoms with Crippen molar-refractivity contribution >= 4 is 23.5 Å². The highest BCUT2D eigenvalue weighted by Crippen LogP contribution is 2.63. The molecule has 4 nitrogen and oxygen atoms in total. The third-order valence-corrected chi connectivity index (χ3v) is 13.2. The molecule has 61 heavy (non-hydrogen) atoms. The van der Waals surface area contributed by atoms with Gasteiger partial charge >= 0.3 is 6.85 Å². The number of anilines is 1. The minimum atomic E-state index is -0.410. The molecule has 0 saturated carbocycles. The van der Waals surface area contributed by atoms with E-state index in [4.69, 9.17) is 15.0 Å². The predicted octanol–water partition coefficient (Wildman–Crippen LogP) is 12.1. The molecule has 0 N–H and O–H groups in total. The van der Waals surface area contributed by atoms with Crippen LogP contribution in [0.3, 0.4) is 0 Å². The van der Waals surface area contributed by atoms with Gasteiger partial charge in [-0.05, 0) is 91.0 Å². The molecule has 0 amide bonds. The molecule has 0 saturated heterocycles. The molecule has 3 heterocycles. The van der Waals surface area contributed by atoms with Gasteiger partial charge in [0, 0.05) is 27.9 Å². The van der Waals surface area contributed by atoms with Crippen molar-refractivity contribution in [1.29, 1.82) is 0 Å². The molecule has 2 aliphatic carbocycles. The predicted molar refractivity (Wildman–Crippen MR) is 249 cm³/mol. The summed E-state index contributed by atoms with van der Waals surface area (Å²) < 4.78 is 0. The molecule has 0 radical (unpaired) electrons. The van der Waals surface area contributed by atoms with Crippen LogP contribution in [0.2, 0.25) is 0 Å². The number of para-hydroxylation sites is 1. The first-order valence-electron chi connectivity index (χ1n) is 21.0. The molecular formula is C56H35BN4. The fourth-order valence-electron chi connectivity index (χ4n) is 10.7. The molecule has 8 aromatic carbocycles. The summed E-state index contributed by atoms with van der Waals surface area (Å²) in [4.78, 5) is 17.9. The molecular weight excluding hydrogens is 739 g/mol. The first kappa shape index (κ1) is 34.0. The van der Waals surface area contributed by atoms with Crippen molar-refractivity contribution in [2.75, 3.05) is 4.81 Å². The minimum absolute atomic E-state index is 0.0451. The van der Waals surface area contributed by atoms with Crippen LogP contribution >= 0.6 is 0 Å². The largest absolute Gasteiger partial charge is 0.383 e. The number of hydrogen-bond acceptors (Lipinski definition) is 4. The van der Waals surface area contributed by atoms with Crippen LogP contribution in [0.25, 0.3) is 73.0 Å². The normalized spacial score (nSPS) is 14.5. The number of aromatic nitrogens is 3. The van der Waals surface area contributed by atoms with Crippen molar-refractivity contribution in [2.24, 2.45) is 0 Å². The molecule has 13 rings (SSSR count). The van der Waals surface area contributed by atoms with Gasteiger partial charge in [-0.1, -0.05) is 188 Å². The van der Waals surface area contributed by atoms with Crippen molar-refractivity contribution in [2.45, 2.75) is 5.41 Å². The van der Waals surface area contributed by atoms with E-state index in [-0.39, 0.29) is 6.85 Å². The van der Waals surface area contributed by atoms with Gasteiger partial charge in [0.25, 0.3) is 0 Å². The SMILES string of the molecule is C1=CN2B(C3=C1C1(c4ccccc43)c3ccccc3-c3ccccc31)c1ccc(-c3nc(-c4ccccc4)nc(-c4ccc(-c5ccccc5)cc4)n3)cc1-c1ccccc12. The summed E-state index contributed by atoms with van der Waals surface area (Å²) in [6, 6.07) is 72.0. The summed E-state index contributed by atoms with van der Waals surface area (Å²) >= 11 is 0. The average molecular weight is 775 g/mol. The van der Waals surface area contributed by atoms with Crippen LogP contribution in [0.4, 0.5) is 5.69 Å². The molecule has 9 aromatic rings. The first-order chi connectivity index (χ1) is 30.3. The Morgan fingerprint density at radius 2 is 0.836 bits per heavy atom. The Morgan fingerprint density at radius 3 is 1.49 bits per heavy atom. The molecule has 1 aromatic heterocycles. The van der Waals surface area contributed by atoms with Crippen molar-refractivity contribution in [3.05, 3.63) is 240 Å². The van der Waals surface area contributed by atoms with E-state index in [9.17, 15) is 0 Å². The maximum absolute atomic E-state index is 5.21. The quantitative estimate of drug-likeness (QED) is 0.167. The van der Waals surface area contributed by atoms with E-state index in [0.717, 1.165) is 22.3 Å². The van der Waals surface area contributed by atoms with Crippen molar-refractivity contribution in [3.63, 3.8) is 0 Å². The molecule has 1 spiro atoms. The Bertz CT molecular complexity index is 3270. The van der Waals surface area contributed by atoms with Gasteiger partial charge in [-0.15, -0.1) is 0 Å². The summed E-state index contributed by atoms with van der Waals surface area (Å²) in [6.07, 6.45) is 4.74. The summed E-state index contributed by atoms with van der Waals surface area (Å²) in [7, 11) is 0. The maximum atomic E-state index is 5.21. The fourth-order valence-corrected chi connectivity index (χ4v) is 10.7. The lowest BCUT2D eigenvalue weighted by molar-refractivity contribution is 0.785. The Balaban J connectivity index is 1.000. The Kier molecular flexibility index (Phi) is 7.28. The zero-order valence-electron chi connectivity index (χ0n) is 33.1. The summed E-state index contributed by atoms with van der Waals surface area (Å²) in [5, 5.41) is 0. The van der Waals surface area contributed by atoms with Gasteiger partial charge in [-0.25, -0.2) is 15.0 Å². The lowest BCUT2D eigenvalue weighted by Gasteiger charge is -2.40. The van der Waals surface area contributed by atoms with Crippen LogP contribution in [0.1, 0.15) is 22.3 Å². The molecule has 0 fully saturated rings. The van der Waals surface area contributed by atoms with E-state index in [0.29, 0.717) is 17.5 Å². The molecule has 282 valence electrons. The third-order valence-electron chi connectivity index (χ3n) is 13.2. The average Bonchev–Trinajstić information content (AvgIpc) is 3.82. The van der Waals surface area contributed by atoms with Gasteiger partial charge in [-0.2, -0.15) is 0 Å². The van der Waals surface area contributed by atoms with E-state index in [1.165, 1.54) is 72.3 Å². The highest BCUT2D eigenvalue weighted by molar-refractivity contribution is 6.95. The second-order valence-corrected chi connectivity index (χ2v) is 16.3. The molecule has 0 bridgehead atoms. The van der Waals surface area contributed by atoms with Crippen LogP contribution < -0.4 is 10.3 Å². The minimum Gasteiger partial charge on any atom is -0.383 e. The molecule has 0 atom stereocenters. The summed E-state index contributed by atoms with van der Waals surface area (Å²) in [5.41, 5.74) is 20.3. The maximum Gasteiger partial charge on any atom is 0.329 e. The Hall–Kier alpha value is -7.89. The smallest absolute Gasteiger partial charge is 0.329 e. The molecule has 2 aliphatic heterocycles. The zero-order chi connectivity index (χ0) is 40.1. The van der Waals surface area contributed by atoms with Crippen molar-refractivity contribution in [1.82, 2.24) is 15.0 Å². The topological polar surface area (TPSA) is 41.9 Å². The van der Waals surface area contributed by atoms with E-state index in [2.05, 4.69) is 193 Å². The van der Waals surface area contributed by atoms with Crippen LogP contribution in [0.15, 0.2) is 218 Å². The number of nitrogens with zero attached hydrogens (tertiary/aromatic N) is 4. The van der Waals surface area contributed by atoms with Gasteiger partial charge in [0.2, 0.25) is 0 Å². The lowest BCUT2D eigenvalue weighted by Crippen LogP contribution is -2.52. The van der Waals surface area contributed by atoms with Crippen LogP contribution in [0.5, 0.6) is 0 Å². The molecule has 0 unspecified atom stereocenters. The van der Waals surface area contributed by atoms with E-state index < -0.39 is 5.41 Å². The fraction of sp³-hybridized carbons (Fsp3) is 0.0179. The van der Waals surface area contributed by atoms with Gasteiger partial charge in [0.05, 0.1) is 5.41 Å². The Morgan fingerprint density at radius 1 is 0.377 bits per heavy atom. The number of fused-ring (bicyclic) bond motifs is 16. The first-order valence-corrected chi connectivity index (χ1v) is 21.0. The zero-order valence-corrected chi connectivity index (χ0v) is 33.1. The number of allylic oxidation sites excluding steroid dienone is 2. The standard InChI is InChI=1S/C56H35BN4/c1-3-15-36(16-4-1)37-27-29-39(30-28-37)54-58-53(38-17-5-2-6-18-38)59-55(60-54)40-31-32-50-45(35-40)43-21-10-14-26-51(43)61-34-33-49-52(57(50)61)44-22-9-13-25-48(44)56(49)46-23-11-7-19-41(46)42-20-8-12-24-47(42)56/h1-35H. The number of benzene rings is 8. The van der Waals surface area contributed by atoms with E-state index in [1.54, 1.807) is 0 Å². The highest BCUT2D eigenvalue weighted by Gasteiger charge is 2.56. The van der Waals surface area contributed by atoms with Crippen molar-refractivity contribution in [3.8, 4) is 67.5 Å². The highest BCUT2D eigenvalue weighted by atomic mass is 15.1. The third kappa shape index (κ3) is 4.86. The second-order valence-electron chi connectivity index (χ2n) is 16.3. The van der Waals surface area contributed by atoms with Gasteiger partial charge < -0.3 is 4.81 Å². The van der Waals surface area contributed by atoms with Crippen LogP contribution in [0, 0.1) is 0 Å². The van der Waals surface area contributed by atoms with Gasteiger partial charge in [0.15, 0.2) is 17.5 Å². The van der Waals surface area contributed by atoms with E-state index >= 15 is 0 Å². The monoisotopic (exact) mass is 774 g/mol. The number of hydrogen-bond donors (Lipinski definition) is 0. The van der Waals surface area contributed by atoms with Gasteiger partial charge in [-0.3, -0.25) is 0 Å².